The number of halogens is 3. The van der Waals surface area contributed by atoms with Gasteiger partial charge in [-0.25, -0.2) is 4.79 Å². The lowest BCUT2D eigenvalue weighted by Gasteiger charge is -2.33. The van der Waals surface area contributed by atoms with Crippen LogP contribution in [0.4, 0.5) is 13.2 Å². The molecule has 2 N–H and O–H groups in total. The summed E-state index contributed by atoms with van der Waals surface area (Å²) in [4.78, 5) is 24.0. The first-order valence-electron chi connectivity index (χ1n) is 8.64. The third-order valence-corrected chi connectivity index (χ3v) is 4.50. The molecule has 0 aliphatic carbocycles. The average molecular weight is 393 g/mol. The van der Waals surface area contributed by atoms with Gasteiger partial charge in [-0.1, -0.05) is 63.2 Å². The number of carboxylic acid groups (broad SMARTS) is 1. The van der Waals surface area contributed by atoms with Crippen molar-refractivity contribution in [1.29, 1.82) is 0 Å². The van der Waals surface area contributed by atoms with Crippen LogP contribution in [-0.4, -0.2) is 28.7 Å². The Labute approximate surface area is 161 Å². The topological polar surface area (TPSA) is 66.4 Å². The van der Waals surface area contributed by atoms with Crippen molar-refractivity contribution in [2.45, 2.75) is 44.3 Å². The van der Waals surface area contributed by atoms with Gasteiger partial charge in [-0.15, -0.1) is 0 Å². The number of rotatable bonds is 5. The van der Waals surface area contributed by atoms with Crippen LogP contribution in [0.3, 0.4) is 0 Å². The van der Waals surface area contributed by atoms with Gasteiger partial charge in [0.25, 0.3) is 5.91 Å². The molecule has 0 aliphatic rings. The molecule has 4 nitrogen and oxygen atoms in total. The smallest absolute Gasteiger partial charge is 0.422 e. The molecule has 0 heterocycles. The van der Waals surface area contributed by atoms with Crippen LogP contribution in [0.25, 0.3) is 0 Å². The van der Waals surface area contributed by atoms with Crippen molar-refractivity contribution in [2.75, 3.05) is 0 Å². The highest BCUT2D eigenvalue weighted by atomic mass is 19.4. The number of carbonyl (C=O) groups excluding carboxylic acids is 1. The zero-order valence-electron chi connectivity index (χ0n) is 15.8. The van der Waals surface area contributed by atoms with Gasteiger partial charge in [0, 0.05) is 12.0 Å². The molecule has 7 heteroatoms. The molecule has 0 aromatic heterocycles. The number of carboxylic acids is 1. The molecule has 0 bridgehead atoms. The van der Waals surface area contributed by atoms with Crippen LogP contribution in [-0.2, 0) is 16.6 Å². The van der Waals surface area contributed by atoms with E-state index < -0.39 is 30.0 Å². The van der Waals surface area contributed by atoms with Crippen molar-refractivity contribution in [3.63, 3.8) is 0 Å². The first kappa shape index (κ1) is 21.5. The fourth-order valence-corrected chi connectivity index (χ4v) is 2.75. The van der Waals surface area contributed by atoms with Gasteiger partial charge < -0.3 is 10.4 Å². The lowest BCUT2D eigenvalue weighted by molar-refractivity contribution is -0.207. The van der Waals surface area contributed by atoms with Gasteiger partial charge in [0.05, 0.1) is 0 Å². The minimum absolute atomic E-state index is 0.0551. The molecule has 0 unspecified atom stereocenters. The molecule has 0 spiro atoms. The molecule has 2 rings (SSSR count). The Hall–Kier alpha value is -2.83. The summed E-state index contributed by atoms with van der Waals surface area (Å²) in [7, 11) is 0. The Morgan fingerprint density at radius 2 is 1.46 bits per heavy atom. The normalized spacial score (nSPS) is 14.2. The lowest BCUT2D eigenvalue weighted by Crippen LogP contribution is -2.65. The summed E-state index contributed by atoms with van der Waals surface area (Å²) in [6, 6.07) is 13.4. The second kappa shape index (κ2) is 7.66. The number of nitrogens with one attached hydrogen (secondary N) is 1. The van der Waals surface area contributed by atoms with E-state index in [0.29, 0.717) is 0 Å². The first-order valence-corrected chi connectivity index (χ1v) is 8.64. The number of carbonyl (C=O) groups is 2. The second-order valence-corrected chi connectivity index (χ2v) is 7.65. The maximum Gasteiger partial charge on any atom is 0.422 e. The van der Waals surface area contributed by atoms with Crippen LogP contribution < -0.4 is 5.32 Å². The van der Waals surface area contributed by atoms with E-state index in [0.717, 1.165) is 5.56 Å². The summed E-state index contributed by atoms with van der Waals surface area (Å²) in [5, 5.41) is 11.2. The summed E-state index contributed by atoms with van der Waals surface area (Å²) < 4.78 is 41.6. The Morgan fingerprint density at radius 1 is 0.929 bits per heavy atom. The van der Waals surface area contributed by atoms with Gasteiger partial charge in [-0.05, 0) is 28.7 Å². The Morgan fingerprint density at radius 3 is 1.89 bits per heavy atom. The molecule has 2 aromatic rings. The number of hydrogen-bond acceptors (Lipinski definition) is 2. The average Bonchev–Trinajstić information content (AvgIpc) is 2.60. The molecule has 0 fully saturated rings. The van der Waals surface area contributed by atoms with Crippen LogP contribution in [0.15, 0.2) is 54.6 Å². The predicted molar refractivity (Wildman–Crippen MR) is 99.2 cm³/mol. The molecule has 1 amide bonds. The van der Waals surface area contributed by atoms with E-state index in [-0.39, 0.29) is 16.5 Å². The molecular weight excluding hydrogens is 371 g/mol. The number of benzene rings is 2. The summed E-state index contributed by atoms with van der Waals surface area (Å²) >= 11 is 0. The Balaban J connectivity index is 2.42. The third-order valence-electron chi connectivity index (χ3n) is 4.50. The monoisotopic (exact) mass is 393 g/mol. The zero-order chi connectivity index (χ0) is 21.2. The van der Waals surface area contributed by atoms with Crippen molar-refractivity contribution in [2.24, 2.45) is 0 Å². The van der Waals surface area contributed by atoms with Gasteiger partial charge in [0.15, 0.2) is 0 Å². The molecule has 28 heavy (non-hydrogen) atoms. The van der Waals surface area contributed by atoms with Gasteiger partial charge in [0.2, 0.25) is 5.54 Å². The quantitative estimate of drug-likeness (QED) is 0.794. The second-order valence-electron chi connectivity index (χ2n) is 7.65. The summed E-state index contributed by atoms with van der Waals surface area (Å²) in [5.41, 5.74) is -2.64. The summed E-state index contributed by atoms with van der Waals surface area (Å²) in [6.07, 6.45) is -6.12. The van der Waals surface area contributed by atoms with E-state index in [1.165, 1.54) is 36.4 Å². The largest absolute Gasteiger partial charge is 0.479 e. The SMILES string of the molecule is CC(C)(C)c1ccc(C[C@@](NC(=O)c2ccccc2)(C(=O)O)C(F)(F)F)cc1. The highest BCUT2D eigenvalue weighted by Crippen LogP contribution is 2.35. The van der Waals surface area contributed by atoms with Crippen molar-refractivity contribution in [3.05, 3.63) is 71.3 Å². The van der Waals surface area contributed by atoms with Crippen LogP contribution >= 0.6 is 0 Å². The van der Waals surface area contributed by atoms with E-state index in [9.17, 15) is 27.9 Å². The number of hydrogen-bond donors (Lipinski definition) is 2. The van der Waals surface area contributed by atoms with Crippen molar-refractivity contribution in [1.82, 2.24) is 5.32 Å². The van der Waals surface area contributed by atoms with E-state index in [1.54, 1.807) is 23.5 Å². The minimum Gasteiger partial charge on any atom is -0.479 e. The van der Waals surface area contributed by atoms with Crippen molar-refractivity contribution >= 4 is 11.9 Å². The Kier molecular flexibility index (Phi) is 5.87. The Bertz CT molecular complexity index is 840. The van der Waals surface area contributed by atoms with Gasteiger partial charge in [0.1, 0.15) is 0 Å². The number of alkyl halides is 3. The first-order chi connectivity index (χ1) is 12.9. The van der Waals surface area contributed by atoms with Crippen molar-refractivity contribution < 1.29 is 27.9 Å². The van der Waals surface area contributed by atoms with Crippen molar-refractivity contribution in [3.8, 4) is 0 Å². The zero-order valence-corrected chi connectivity index (χ0v) is 15.8. The van der Waals surface area contributed by atoms with Crippen LogP contribution in [0.5, 0.6) is 0 Å². The number of amides is 1. The maximum atomic E-state index is 13.9. The number of aliphatic carboxylic acids is 1. The molecule has 1 atom stereocenters. The fourth-order valence-electron chi connectivity index (χ4n) is 2.75. The molecular formula is C21H22F3NO3. The standard InChI is InChI=1S/C21H22F3NO3/c1-19(2,3)16-11-9-14(10-12-16)13-20(18(27)28,21(22,23)24)25-17(26)15-7-5-4-6-8-15/h4-12H,13H2,1-3H3,(H,25,26)(H,27,28)/t20-/m1/s1. The molecule has 0 radical (unpaired) electrons. The molecule has 0 saturated heterocycles. The van der Waals surface area contributed by atoms with E-state index >= 15 is 0 Å². The van der Waals surface area contributed by atoms with Crippen LogP contribution in [0.1, 0.15) is 42.3 Å². The van der Waals surface area contributed by atoms with Gasteiger partial charge in [-0.2, -0.15) is 13.2 Å². The third kappa shape index (κ3) is 4.52. The molecule has 0 aliphatic heterocycles. The predicted octanol–water partition coefficient (Wildman–Crippen LogP) is 4.34. The highest BCUT2D eigenvalue weighted by molar-refractivity contribution is 5.98. The highest BCUT2D eigenvalue weighted by Gasteiger charge is 2.62. The van der Waals surface area contributed by atoms with E-state index in [2.05, 4.69) is 0 Å². The lowest BCUT2D eigenvalue weighted by atomic mass is 9.84. The molecule has 150 valence electrons. The van der Waals surface area contributed by atoms with Gasteiger partial charge >= 0.3 is 12.1 Å². The summed E-state index contributed by atoms with van der Waals surface area (Å²) in [5.74, 6) is -3.27. The van der Waals surface area contributed by atoms with Crippen LogP contribution in [0, 0.1) is 0 Å². The molecule has 2 aromatic carbocycles. The fraction of sp³-hybridized carbons (Fsp3) is 0.333. The van der Waals surface area contributed by atoms with Gasteiger partial charge in [-0.3, -0.25) is 4.79 Å². The van der Waals surface area contributed by atoms with Crippen LogP contribution in [0.2, 0.25) is 0 Å². The maximum absolute atomic E-state index is 13.9. The molecule has 0 saturated carbocycles. The van der Waals surface area contributed by atoms with E-state index in [4.69, 9.17) is 0 Å². The van der Waals surface area contributed by atoms with E-state index in [1.807, 2.05) is 20.8 Å². The minimum atomic E-state index is -5.20. The summed E-state index contributed by atoms with van der Waals surface area (Å²) in [6.45, 7) is 5.87.